The molecule has 1 saturated heterocycles. The number of aliphatic hydroxyl groups is 1. The SMILES string of the molecule is C/C(=C\CNC(=O)OCC1c2ccccc2-c2ccccc21)C(=O)N1CCC(O)(C(=O)O)C1. The van der Waals surface area contributed by atoms with Gasteiger partial charge in [0.2, 0.25) is 5.91 Å². The highest BCUT2D eigenvalue weighted by Crippen LogP contribution is 2.44. The van der Waals surface area contributed by atoms with Gasteiger partial charge in [0.25, 0.3) is 0 Å². The van der Waals surface area contributed by atoms with Gasteiger partial charge in [-0.1, -0.05) is 54.6 Å². The van der Waals surface area contributed by atoms with Gasteiger partial charge in [-0.25, -0.2) is 9.59 Å². The fourth-order valence-corrected chi connectivity index (χ4v) is 4.42. The highest BCUT2D eigenvalue weighted by atomic mass is 16.5. The average molecular weight is 450 g/mol. The Labute approximate surface area is 191 Å². The molecular formula is C25H26N2O6. The van der Waals surface area contributed by atoms with Crippen molar-refractivity contribution in [2.24, 2.45) is 0 Å². The first-order chi connectivity index (χ1) is 15.8. The van der Waals surface area contributed by atoms with Gasteiger partial charge in [-0.3, -0.25) is 4.79 Å². The number of nitrogens with one attached hydrogen (secondary N) is 1. The third-order valence-electron chi connectivity index (χ3n) is 6.27. The van der Waals surface area contributed by atoms with Crippen molar-refractivity contribution in [1.29, 1.82) is 0 Å². The Morgan fingerprint density at radius 2 is 1.73 bits per heavy atom. The summed E-state index contributed by atoms with van der Waals surface area (Å²) in [6.45, 7) is 1.77. The maximum Gasteiger partial charge on any atom is 0.407 e. The van der Waals surface area contributed by atoms with Crippen molar-refractivity contribution < 1.29 is 29.3 Å². The third kappa shape index (κ3) is 4.47. The monoisotopic (exact) mass is 450 g/mol. The molecule has 1 atom stereocenters. The van der Waals surface area contributed by atoms with Crippen LogP contribution in [-0.4, -0.2) is 64.9 Å². The first-order valence-corrected chi connectivity index (χ1v) is 10.8. The second-order valence-corrected chi connectivity index (χ2v) is 8.41. The van der Waals surface area contributed by atoms with Crippen molar-refractivity contribution in [3.05, 3.63) is 71.3 Å². The molecule has 33 heavy (non-hydrogen) atoms. The van der Waals surface area contributed by atoms with Crippen LogP contribution in [0, 0.1) is 0 Å². The van der Waals surface area contributed by atoms with Gasteiger partial charge in [-0.2, -0.15) is 0 Å². The van der Waals surface area contributed by atoms with E-state index in [1.807, 2.05) is 36.4 Å². The first-order valence-electron chi connectivity index (χ1n) is 10.8. The average Bonchev–Trinajstić information content (AvgIpc) is 3.36. The molecule has 8 heteroatoms. The Kier molecular flexibility index (Phi) is 6.20. The number of ether oxygens (including phenoxy) is 1. The smallest absolute Gasteiger partial charge is 0.407 e. The molecule has 1 unspecified atom stereocenters. The lowest BCUT2D eigenvalue weighted by atomic mass is 9.98. The van der Waals surface area contributed by atoms with Gasteiger partial charge >= 0.3 is 12.1 Å². The van der Waals surface area contributed by atoms with Crippen LogP contribution in [0.25, 0.3) is 11.1 Å². The molecule has 8 nitrogen and oxygen atoms in total. The molecule has 1 aliphatic heterocycles. The molecule has 172 valence electrons. The number of carboxylic acid groups (broad SMARTS) is 1. The molecule has 1 heterocycles. The summed E-state index contributed by atoms with van der Waals surface area (Å²) >= 11 is 0. The minimum Gasteiger partial charge on any atom is -0.479 e. The number of carbonyl (C=O) groups is 3. The lowest BCUT2D eigenvalue weighted by Gasteiger charge is -2.19. The summed E-state index contributed by atoms with van der Waals surface area (Å²) in [5.41, 5.74) is 2.99. The molecule has 2 aliphatic rings. The number of fused-ring (bicyclic) bond motifs is 3. The molecule has 2 amide bonds. The molecule has 0 radical (unpaired) electrons. The van der Waals surface area contributed by atoms with Crippen LogP contribution in [0.1, 0.15) is 30.4 Å². The fraction of sp³-hybridized carbons (Fsp3) is 0.320. The van der Waals surface area contributed by atoms with Gasteiger partial charge in [-0.15, -0.1) is 0 Å². The molecule has 1 fully saturated rings. The van der Waals surface area contributed by atoms with E-state index in [1.165, 1.54) is 4.90 Å². The zero-order valence-electron chi connectivity index (χ0n) is 18.3. The quantitative estimate of drug-likeness (QED) is 0.583. The molecule has 0 bridgehead atoms. The second kappa shape index (κ2) is 9.07. The van der Waals surface area contributed by atoms with Gasteiger partial charge in [0.1, 0.15) is 6.61 Å². The van der Waals surface area contributed by atoms with Crippen LogP contribution in [0.2, 0.25) is 0 Å². The summed E-state index contributed by atoms with van der Waals surface area (Å²) < 4.78 is 5.46. The molecule has 0 spiro atoms. The van der Waals surface area contributed by atoms with Crippen molar-refractivity contribution in [2.45, 2.75) is 24.9 Å². The predicted molar refractivity (Wildman–Crippen MR) is 121 cm³/mol. The lowest BCUT2D eigenvalue weighted by Crippen LogP contribution is -2.42. The minimum atomic E-state index is -1.91. The van der Waals surface area contributed by atoms with Gasteiger partial charge in [0.05, 0.1) is 6.54 Å². The fourth-order valence-electron chi connectivity index (χ4n) is 4.42. The van der Waals surface area contributed by atoms with Crippen LogP contribution < -0.4 is 5.32 Å². The van der Waals surface area contributed by atoms with Crippen molar-refractivity contribution in [3.8, 4) is 11.1 Å². The number of rotatable bonds is 6. The zero-order valence-corrected chi connectivity index (χ0v) is 18.3. The number of carboxylic acids is 1. The summed E-state index contributed by atoms with van der Waals surface area (Å²) in [6.07, 6.45) is 0.941. The van der Waals surface area contributed by atoms with Gasteiger partial charge < -0.3 is 25.2 Å². The number of alkyl carbamates (subject to hydrolysis) is 1. The van der Waals surface area contributed by atoms with E-state index >= 15 is 0 Å². The lowest BCUT2D eigenvalue weighted by molar-refractivity contribution is -0.157. The van der Waals surface area contributed by atoms with Crippen molar-refractivity contribution in [1.82, 2.24) is 10.2 Å². The highest BCUT2D eigenvalue weighted by molar-refractivity contribution is 5.94. The molecule has 2 aromatic rings. The van der Waals surface area contributed by atoms with E-state index in [4.69, 9.17) is 9.84 Å². The number of β-amino-alcohol motifs (C(OH)–C–C–N with tert-alkyl or cyclic N) is 1. The Hall–Kier alpha value is -3.65. The summed E-state index contributed by atoms with van der Waals surface area (Å²) in [7, 11) is 0. The number of aliphatic carboxylic acids is 1. The van der Waals surface area contributed by atoms with Gasteiger partial charge in [0.15, 0.2) is 5.60 Å². The number of benzene rings is 2. The summed E-state index contributed by atoms with van der Waals surface area (Å²) in [4.78, 5) is 37.1. The number of hydrogen-bond acceptors (Lipinski definition) is 5. The number of likely N-dealkylation sites (tertiary alicyclic amines) is 1. The van der Waals surface area contributed by atoms with Gasteiger partial charge in [-0.05, 0) is 29.2 Å². The number of carbonyl (C=O) groups excluding carboxylic acids is 2. The predicted octanol–water partition coefficient (Wildman–Crippen LogP) is 2.52. The van der Waals surface area contributed by atoms with E-state index < -0.39 is 17.7 Å². The minimum absolute atomic E-state index is 0.0145. The van der Waals surface area contributed by atoms with Crippen LogP contribution >= 0.6 is 0 Å². The zero-order chi connectivity index (χ0) is 23.6. The molecule has 3 N–H and O–H groups in total. The van der Waals surface area contributed by atoms with Crippen LogP contribution in [0.3, 0.4) is 0 Å². The molecule has 0 saturated carbocycles. The first kappa shape index (κ1) is 22.5. The van der Waals surface area contributed by atoms with Crippen LogP contribution in [0.15, 0.2) is 60.2 Å². The van der Waals surface area contributed by atoms with E-state index in [2.05, 4.69) is 17.4 Å². The van der Waals surface area contributed by atoms with Crippen molar-refractivity contribution in [2.75, 3.05) is 26.2 Å². The second-order valence-electron chi connectivity index (χ2n) is 8.41. The summed E-state index contributed by atoms with van der Waals surface area (Å²) in [5.74, 6) is -1.75. The van der Waals surface area contributed by atoms with Crippen molar-refractivity contribution >= 4 is 18.0 Å². The molecule has 4 rings (SSSR count). The number of amides is 2. The Bertz CT molecular complexity index is 1080. The summed E-state index contributed by atoms with van der Waals surface area (Å²) in [6, 6.07) is 16.1. The van der Waals surface area contributed by atoms with E-state index in [0.29, 0.717) is 5.57 Å². The van der Waals surface area contributed by atoms with Crippen LogP contribution in [0.5, 0.6) is 0 Å². The Balaban J connectivity index is 1.29. The highest BCUT2D eigenvalue weighted by Gasteiger charge is 2.44. The largest absolute Gasteiger partial charge is 0.479 e. The Morgan fingerprint density at radius 3 is 2.30 bits per heavy atom. The number of nitrogens with zero attached hydrogens (tertiary/aromatic N) is 1. The maximum atomic E-state index is 12.5. The van der Waals surface area contributed by atoms with E-state index in [9.17, 15) is 19.5 Å². The van der Waals surface area contributed by atoms with Crippen molar-refractivity contribution in [3.63, 3.8) is 0 Å². The van der Waals surface area contributed by atoms with E-state index in [0.717, 1.165) is 22.3 Å². The standard InChI is InChI=1S/C25H26N2O6/c1-16(22(28)27-13-11-25(32,15-27)23(29)30)10-12-26-24(31)33-14-21-19-8-4-2-6-17(19)18-7-3-5-9-20(18)21/h2-10,21,32H,11-15H2,1H3,(H,26,31)(H,29,30)/b16-10+. The molecule has 1 aliphatic carbocycles. The Morgan fingerprint density at radius 1 is 1.12 bits per heavy atom. The van der Waals surface area contributed by atoms with Crippen LogP contribution in [-0.2, 0) is 14.3 Å². The van der Waals surface area contributed by atoms with E-state index in [1.54, 1.807) is 13.0 Å². The van der Waals surface area contributed by atoms with Crippen LogP contribution in [0.4, 0.5) is 4.79 Å². The number of hydrogen-bond donors (Lipinski definition) is 3. The molecule has 2 aromatic carbocycles. The third-order valence-corrected chi connectivity index (χ3v) is 6.27. The topological polar surface area (TPSA) is 116 Å². The maximum absolute atomic E-state index is 12.5. The molecule has 0 aromatic heterocycles. The van der Waals surface area contributed by atoms with Gasteiger partial charge in [0, 0.05) is 31.0 Å². The molecular weight excluding hydrogens is 424 g/mol. The normalized spacial score (nSPS) is 19.7. The summed E-state index contributed by atoms with van der Waals surface area (Å²) in [5, 5.41) is 21.7. The van der Waals surface area contributed by atoms with E-state index in [-0.39, 0.29) is 44.5 Å².